The molecule has 1 fully saturated rings. The molecule has 0 aromatic rings. The molecule has 0 radical (unpaired) electrons. The van der Waals surface area contributed by atoms with Crippen molar-refractivity contribution in [1.29, 1.82) is 0 Å². The molecule has 1 aliphatic rings. The number of rotatable bonds is 5. The largest absolute Gasteiger partial charge is 0.299 e. The molecule has 15 heavy (non-hydrogen) atoms. The third-order valence-corrected chi connectivity index (χ3v) is 5.36. The van der Waals surface area contributed by atoms with Crippen LogP contribution in [0, 0.1) is 0 Å². The molecule has 3 unspecified atom stereocenters. The Labute approximate surface area is 96.9 Å². The zero-order valence-electron chi connectivity index (χ0n) is 10.4. The second-order valence-corrected chi connectivity index (χ2v) is 6.54. The Bertz CT molecular complexity index is 208. The zero-order valence-corrected chi connectivity index (χ0v) is 11.2. The number of hydrogen-bond acceptors (Lipinski definition) is 2. The van der Waals surface area contributed by atoms with Gasteiger partial charge in [0.2, 0.25) is 0 Å². The summed E-state index contributed by atoms with van der Waals surface area (Å²) in [5.41, 5.74) is 0. The van der Waals surface area contributed by atoms with E-state index in [2.05, 4.69) is 25.7 Å². The van der Waals surface area contributed by atoms with E-state index in [0.717, 1.165) is 12.3 Å². The first-order valence-corrected chi connectivity index (χ1v) is 7.66. The van der Waals surface area contributed by atoms with Crippen molar-refractivity contribution in [3.63, 3.8) is 0 Å². The van der Waals surface area contributed by atoms with E-state index in [1.165, 1.54) is 32.2 Å². The third kappa shape index (κ3) is 3.87. The van der Waals surface area contributed by atoms with Gasteiger partial charge in [0.25, 0.3) is 0 Å². The molecule has 2 nitrogen and oxygen atoms in total. The SMILES string of the molecule is CCCCCCN1CCS(=O)C(C)C1C. The van der Waals surface area contributed by atoms with Gasteiger partial charge in [-0.05, 0) is 26.8 Å². The summed E-state index contributed by atoms with van der Waals surface area (Å²) in [5.74, 6) is 0.874. The number of nitrogens with zero attached hydrogens (tertiary/aromatic N) is 1. The van der Waals surface area contributed by atoms with Gasteiger partial charge in [-0.2, -0.15) is 0 Å². The van der Waals surface area contributed by atoms with E-state index in [9.17, 15) is 4.21 Å². The smallest absolute Gasteiger partial charge is 0.0473 e. The molecule has 0 aliphatic carbocycles. The maximum absolute atomic E-state index is 11.6. The lowest BCUT2D eigenvalue weighted by atomic mass is 10.1. The van der Waals surface area contributed by atoms with Crippen LogP contribution in [-0.2, 0) is 10.8 Å². The maximum Gasteiger partial charge on any atom is 0.0473 e. The monoisotopic (exact) mass is 231 g/mol. The molecule has 3 atom stereocenters. The molecule has 1 heterocycles. The summed E-state index contributed by atoms with van der Waals surface area (Å²) < 4.78 is 11.6. The summed E-state index contributed by atoms with van der Waals surface area (Å²) in [6, 6.07) is 0.501. The first-order valence-electron chi connectivity index (χ1n) is 6.28. The van der Waals surface area contributed by atoms with Gasteiger partial charge < -0.3 is 0 Å². The lowest BCUT2D eigenvalue weighted by molar-refractivity contribution is 0.205. The van der Waals surface area contributed by atoms with Crippen LogP contribution in [0.15, 0.2) is 0 Å². The molecule has 0 bridgehead atoms. The Hall–Kier alpha value is 0.110. The molecule has 0 N–H and O–H groups in total. The van der Waals surface area contributed by atoms with Gasteiger partial charge in [0, 0.05) is 34.4 Å². The van der Waals surface area contributed by atoms with Crippen molar-refractivity contribution in [3.8, 4) is 0 Å². The van der Waals surface area contributed by atoms with Crippen LogP contribution >= 0.6 is 0 Å². The van der Waals surface area contributed by atoms with Crippen LogP contribution in [0.1, 0.15) is 46.5 Å². The van der Waals surface area contributed by atoms with Gasteiger partial charge >= 0.3 is 0 Å². The van der Waals surface area contributed by atoms with Gasteiger partial charge in [-0.25, -0.2) is 0 Å². The van der Waals surface area contributed by atoms with Gasteiger partial charge in [0.1, 0.15) is 0 Å². The van der Waals surface area contributed by atoms with Gasteiger partial charge in [-0.1, -0.05) is 26.2 Å². The van der Waals surface area contributed by atoms with E-state index in [1.54, 1.807) is 0 Å². The fraction of sp³-hybridized carbons (Fsp3) is 1.00. The van der Waals surface area contributed by atoms with Crippen LogP contribution in [0.3, 0.4) is 0 Å². The highest BCUT2D eigenvalue weighted by atomic mass is 32.2. The van der Waals surface area contributed by atoms with E-state index in [0.29, 0.717) is 11.3 Å². The molecule has 0 saturated carbocycles. The topological polar surface area (TPSA) is 20.3 Å². The average molecular weight is 231 g/mol. The van der Waals surface area contributed by atoms with E-state index in [4.69, 9.17) is 0 Å². The highest BCUT2D eigenvalue weighted by Crippen LogP contribution is 2.17. The lowest BCUT2D eigenvalue weighted by Gasteiger charge is -2.37. The summed E-state index contributed by atoms with van der Waals surface area (Å²) in [6.45, 7) is 8.82. The molecule has 0 aromatic carbocycles. The second kappa shape index (κ2) is 6.64. The van der Waals surface area contributed by atoms with Crippen molar-refractivity contribution in [2.75, 3.05) is 18.8 Å². The lowest BCUT2D eigenvalue weighted by Crippen LogP contribution is -2.49. The summed E-state index contributed by atoms with van der Waals surface area (Å²) in [4.78, 5) is 2.52. The first-order chi connectivity index (χ1) is 7.16. The highest BCUT2D eigenvalue weighted by Gasteiger charge is 2.29. The Kier molecular flexibility index (Phi) is 5.83. The standard InChI is InChI=1S/C12H25NOS/c1-4-5-6-7-8-13-9-10-15(14)12(3)11(13)2/h11-12H,4-10H2,1-3H3. The molecule has 3 heteroatoms. The molecule has 1 aliphatic heterocycles. The Morgan fingerprint density at radius 1 is 1.27 bits per heavy atom. The number of hydrogen-bond donors (Lipinski definition) is 0. The van der Waals surface area contributed by atoms with Crippen LogP contribution in [0.25, 0.3) is 0 Å². The minimum atomic E-state index is -0.586. The Morgan fingerprint density at radius 3 is 2.67 bits per heavy atom. The predicted octanol–water partition coefficient (Wildman–Crippen LogP) is 2.41. The van der Waals surface area contributed by atoms with E-state index >= 15 is 0 Å². The fourth-order valence-corrected chi connectivity index (χ4v) is 3.57. The Morgan fingerprint density at radius 2 is 2.00 bits per heavy atom. The molecule has 1 saturated heterocycles. The minimum absolute atomic E-state index is 0.352. The van der Waals surface area contributed by atoms with Crippen molar-refractivity contribution in [2.24, 2.45) is 0 Å². The van der Waals surface area contributed by atoms with Gasteiger partial charge in [0.05, 0.1) is 0 Å². The van der Waals surface area contributed by atoms with Gasteiger partial charge in [-0.3, -0.25) is 9.11 Å². The van der Waals surface area contributed by atoms with Crippen LogP contribution in [0.2, 0.25) is 0 Å². The molecular weight excluding hydrogens is 206 g/mol. The molecule has 90 valence electrons. The van der Waals surface area contributed by atoms with Crippen molar-refractivity contribution in [3.05, 3.63) is 0 Å². The number of unbranched alkanes of at least 4 members (excludes halogenated alkanes) is 3. The van der Waals surface area contributed by atoms with Gasteiger partial charge in [0.15, 0.2) is 0 Å². The summed E-state index contributed by atoms with van der Waals surface area (Å²) in [7, 11) is -0.586. The molecule has 0 aromatic heterocycles. The zero-order chi connectivity index (χ0) is 11.3. The maximum atomic E-state index is 11.6. The molecule has 0 amide bonds. The Balaban J connectivity index is 2.26. The fourth-order valence-electron chi connectivity index (χ4n) is 2.17. The van der Waals surface area contributed by atoms with Crippen LogP contribution in [-0.4, -0.2) is 39.2 Å². The highest BCUT2D eigenvalue weighted by molar-refractivity contribution is 7.85. The van der Waals surface area contributed by atoms with Crippen molar-refractivity contribution < 1.29 is 4.21 Å². The van der Waals surface area contributed by atoms with Crippen LogP contribution in [0.4, 0.5) is 0 Å². The minimum Gasteiger partial charge on any atom is -0.299 e. The molecular formula is C12H25NOS. The van der Waals surface area contributed by atoms with Gasteiger partial charge in [-0.15, -0.1) is 0 Å². The van der Waals surface area contributed by atoms with Crippen molar-refractivity contribution >= 4 is 10.8 Å². The third-order valence-electron chi connectivity index (χ3n) is 3.55. The van der Waals surface area contributed by atoms with Crippen LogP contribution < -0.4 is 0 Å². The van der Waals surface area contributed by atoms with E-state index in [-0.39, 0.29) is 0 Å². The van der Waals surface area contributed by atoms with E-state index in [1.807, 2.05) is 0 Å². The molecule has 1 rings (SSSR count). The molecule has 0 spiro atoms. The van der Waals surface area contributed by atoms with Crippen molar-refractivity contribution in [1.82, 2.24) is 4.90 Å². The van der Waals surface area contributed by atoms with E-state index < -0.39 is 10.8 Å². The second-order valence-electron chi connectivity index (χ2n) is 4.63. The summed E-state index contributed by atoms with van der Waals surface area (Å²) in [6.07, 6.45) is 5.30. The quantitative estimate of drug-likeness (QED) is 0.677. The normalized spacial score (nSPS) is 33.1. The average Bonchev–Trinajstić information content (AvgIpc) is 2.24. The van der Waals surface area contributed by atoms with Crippen molar-refractivity contribution in [2.45, 2.75) is 57.7 Å². The predicted molar refractivity (Wildman–Crippen MR) is 67.6 cm³/mol. The summed E-state index contributed by atoms with van der Waals surface area (Å²) >= 11 is 0. The summed E-state index contributed by atoms with van der Waals surface area (Å²) in [5, 5.41) is 0.352. The first kappa shape index (κ1) is 13.2. The van der Waals surface area contributed by atoms with Crippen LogP contribution in [0.5, 0.6) is 0 Å².